The third kappa shape index (κ3) is 7.99. The highest BCUT2D eigenvalue weighted by Crippen LogP contribution is 2.26. The van der Waals surface area contributed by atoms with Gasteiger partial charge in [-0.25, -0.2) is 8.78 Å². The van der Waals surface area contributed by atoms with Crippen molar-refractivity contribution in [2.24, 2.45) is 5.92 Å². The second-order valence-electron chi connectivity index (χ2n) is 10.2. The Hall–Kier alpha value is -4.03. The number of ether oxygens (including phenoxy) is 2. The van der Waals surface area contributed by atoms with Gasteiger partial charge in [-0.1, -0.05) is 6.07 Å². The predicted octanol–water partition coefficient (Wildman–Crippen LogP) is 3.35. The van der Waals surface area contributed by atoms with Crippen LogP contribution in [0.15, 0.2) is 30.5 Å². The number of carbonyl (C=O) groups is 4. The molecule has 2 heterocycles. The third-order valence-electron chi connectivity index (χ3n) is 5.96. The molecule has 1 fully saturated rings. The fourth-order valence-electron chi connectivity index (χ4n) is 4.00. The number of likely N-dealkylation sites (tertiary alicyclic amines) is 1. The Morgan fingerprint density at radius 2 is 1.68 bits per heavy atom. The topological polar surface area (TPSA) is 115 Å². The van der Waals surface area contributed by atoms with Gasteiger partial charge in [-0.2, -0.15) is 8.78 Å². The van der Waals surface area contributed by atoms with Crippen LogP contribution in [0, 0.1) is 29.2 Å². The number of ketones is 1. The lowest BCUT2D eigenvalue weighted by molar-refractivity contribution is -0.156. The van der Waals surface area contributed by atoms with Gasteiger partial charge in [0.25, 0.3) is 5.91 Å². The Kier molecular flexibility index (Phi) is 9.83. The van der Waals surface area contributed by atoms with Crippen molar-refractivity contribution in [3.05, 3.63) is 59.4 Å². The molecule has 1 aliphatic rings. The van der Waals surface area contributed by atoms with Crippen LogP contribution in [0.3, 0.4) is 0 Å². The molecule has 1 aromatic carbocycles. The summed E-state index contributed by atoms with van der Waals surface area (Å²) in [5.74, 6) is -11.9. The van der Waals surface area contributed by atoms with E-state index in [0.717, 1.165) is 0 Å². The minimum absolute atomic E-state index is 0.0138. The highest BCUT2D eigenvalue weighted by molar-refractivity contribution is 5.94. The van der Waals surface area contributed by atoms with E-state index >= 15 is 0 Å². The molecule has 2 aromatic rings. The van der Waals surface area contributed by atoms with E-state index in [1.807, 2.05) is 0 Å². The maximum absolute atomic E-state index is 13.9. The molecule has 0 aliphatic carbocycles. The SMILES string of the molecule is CC(C)(C)OC(=O)C[C@H](NC(=O)C1CCN(C(=O)c2ccccn2)CC1)C(=O)COc1c(F)c(F)cc(F)c1F. The van der Waals surface area contributed by atoms with Gasteiger partial charge in [-0.15, -0.1) is 0 Å². The number of Topliss-reactive ketones (excluding diaryl/α,β-unsaturated/α-hetero) is 1. The summed E-state index contributed by atoms with van der Waals surface area (Å²) < 4.78 is 64.8. The van der Waals surface area contributed by atoms with Gasteiger partial charge >= 0.3 is 5.97 Å². The highest BCUT2D eigenvalue weighted by atomic mass is 19.2. The van der Waals surface area contributed by atoms with Gasteiger partial charge in [0.15, 0.2) is 23.2 Å². The molecule has 0 radical (unpaired) electrons. The van der Waals surface area contributed by atoms with E-state index in [4.69, 9.17) is 9.47 Å². The maximum Gasteiger partial charge on any atom is 0.308 e. The number of hydrogen-bond donors (Lipinski definition) is 1. The van der Waals surface area contributed by atoms with Gasteiger partial charge in [-0.3, -0.25) is 24.2 Å². The number of esters is 1. The fraction of sp³-hybridized carbons (Fsp3) is 0.444. The molecule has 0 bridgehead atoms. The first-order valence-corrected chi connectivity index (χ1v) is 12.5. The van der Waals surface area contributed by atoms with Crippen LogP contribution in [0.2, 0.25) is 0 Å². The zero-order valence-electron chi connectivity index (χ0n) is 22.1. The quantitative estimate of drug-likeness (QED) is 0.281. The van der Waals surface area contributed by atoms with Gasteiger partial charge in [0, 0.05) is 31.3 Å². The smallest absolute Gasteiger partial charge is 0.308 e. The Morgan fingerprint density at radius 3 is 2.23 bits per heavy atom. The Labute approximate surface area is 227 Å². The van der Waals surface area contributed by atoms with E-state index in [-0.39, 0.29) is 43.6 Å². The molecule has 1 saturated heterocycles. The van der Waals surface area contributed by atoms with E-state index in [9.17, 15) is 36.7 Å². The molecule has 40 heavy (non-hydrogen) atoms. The first kappa shape index (κ1) is 30.5. The summed E-state index contributed by atoms with van der Waals surface area (Å²) in [6, 6.07) is 3.39. The van der Waals surface area contributed by atoms with Crippen LogP contribution >= 0.6 is 0 Å². The van der Waals surface area contributed by atoms with Gasteiger partial charge < -0.3 is 19.7 Å². The van der Waals surface area contributed by atoms with Crippen LogP contribution in [0.4, 0.5) is 17.6 Å². The Morgan fingerprint density at radius 1 is 1.05 bits per heavy atom. The molecule has 2 amide bonds. The Bertz CT molecular complexity index is 1230. The van der Waals surface area contributed by atoms with Crippen molar-refractivity contribution in [3.8, 4) is 5.75 Å². The van der Waals surface area contributed by atoms with Gasteiger partial charge in [0.05, 0.1) is 6.42 Å². The number of nitrogens with zero attached hydrogens (tertiary/aromatic N) is 2. The van der Waals surface area contributed by atoms with Crippen molar-refractivity contribution in [2.45, 2.75) is 51.7 Å². The lowest BCUT2D eigenvalue weighted by atomic mass is 9.94. The van der Waals surface area contributed by atoms with Crippen molar-refractivity contribution in [1.29, 1.82) is 0 Å². The van der Waals surface area contributed by atoms with Crippen LogP contribution < -0.4 is 10.1 Å². The number of pyridine rings is 1. The summed E-state index contributed by atoms with van der Waals surface area (Å²) >= 11 is 0. The number of amides is 2. The number of piperidine rings is 1. The highest BCUT2D eigenvalue weighted by Gasteiger charge is 2.33. The molecule has 0 unspecified atom stereocenters. The monoisotopic (exact) mass is 567 g/mol. The molecule has 1 aliphatic heterocycles. The van der Waals surface area contributed by atoms with Crippen molar-refractivity contribution in [3.63, 3.8) is 0 Å². The number of nitrogens with one attached hydrogen (secondary N) is 1. The standard InChI is InChI=1S/C27H29F4N3O6/c1-27(2,3)40-21(36)13-19(20(35)14-39-24-22(30)16(28)12-17(29)23(24)31)33-25(37)15-7-10-34(11-8-15)26(38)18-6-4-5-9-32-18/h4-6,9,12,15,19H,7-8,10-11,13-14H2,1-3H3,(H,33,37)/t19-/m0/s1. The van der Waals surface area contributed by atoms with E-state index in [0.29, 0.717) is 0 Å². The summed E-state index contributed by atoms with van der Waals surface area (Å²) in [5, 5.41) is 2.45. The summed E-state index contributed by atoms with van der Waals surface area (Å²) in [4.78, 5) is 56.5. The average molecular weight is 568 g/mol. The lowest BCUT2D eigenvalue weighted by Gasteiger charge is -2.32. The number of halogens is 4. The zero-order valence-corrected chi connectivity index (χ0v) is 22.1. The van der Waals surface area contributed by atoms with Crippen LogP contribution in [0.1, 0.15) is 50.5 Å². The summed E-state index contributed by atoms with van der Waals surface area (Å²) in [6.07, 6.45) is 1.37. The second kappa shape index (κ2) is 12.9. The lowest BCUT2D eigenvalue weighted by Crippen LogP contribution is -2.49. The molecular formula is C27H29F4N3O6. The summed E-state index contributed by atoms with van der Waals surface area (Å²) in [5.41, 5.74) is -0.650. The van der Waals surface area contributed by atoms with Gasteiger partial charge in [-0.05, 0) is 45.7 Å². The molecule has 9 nitrogen and oxygen atoms in total. The molecule has 1 atom stereocenters. The van der Waals surface area contributed by atoms with Crippen LogP contribution in [0.5, 0.6) is 5.75 Å². The zero-order chi connectivity index (χ0) is 29.6. The molecular weight excluding hydrogens is 538 g/mol. The normalized spacial score (nSPS) is 14.8. The van der Waals surface area contributed by atoms with Crippen molar-refractivity contribution >= 4 is 23.6 Å². The van der Waals surface area contributed by atoms with Crippen LogP contribution in [0.25, 0.3) is 0 Å². The number of benzene rings is 1. The molecule has 13 heteroatoms. The second-order valence-corrected chi connectivity index (χ2v) is 10.2. The maximum atomic E-state index is 13.9. The predicted molar refractivity (Wildman–Crippen MR) is 132 cm³/mol. The molecule has 0 spiro atoms. The largest absolute Gasteiger partial charge is 0.479 e. The molecule has 3 rings (SSSR count). The molecule has 216 valence electrons. The molecule has 0 saturated carbocycles. The average Bonchev–Trinajstić information content (AvgIpc) is 2.90. The van der Waals surface area contributed by atoms with Crippen molar-refractivity contribution < 1.29 is 46.2 Å². The summed E-state index contributed by atoms with van der Waals surface area (Å²) in [7, 11) is 0. The minimum Gasteiger partial charge on any atom is -0.479 e. The summed E-state index contributed by atoms with van der Waals surface area (Å²) in [6.45, 7) is 4.14. The van der Waals surface area contributed by atoms with E-state index in [1.165, 1.54) is 6.20 Å². The van der Waals surface area contributed by atoms with Crippen molar-refractivity contribution in [1.82, 2.24) is 15.2 Å². The van der Waals surface area contributed by atoms with E-state index < -0.39 is 77.3 Å². The van der Waals surface area contributed by atoms with E-state index in [2.05, 4.69) is 10.3 Å². The number of hydrogen-bond acceptors (Lipinski definition) is 7. The van der Waals surface area contributed by atoms with Crippen molar-refractivity contribution in [2.75, 3.05) is 19.7 Å². The van der Waals surface area contributed by atoms with E-state index in [1.54, 1.807) is 43.9 Å². The van der Waals surface area contributed by atoms with Gasteiger partial charge in [0.2, 0.25) is 17.5 Å². The van der Waals surface area contributed by atoms with Crippen LogP contribution in [-0.2, 0) is 19.1 Å². The van der Waals surface area contributed by atoms with Crippen LogP contribution in [-0.4, -0.2) is 64.8 Å². The first-order chi connectivity index (χ1) is 18.8. The van der Waals surface area contributed by atoms with Gasteiger partial charge in [0.1, 0.15) is 23.9 Å². The fourth-order valence-corrected chi connectivity index (χ4v) is 4.00. The molecule has 1 aromatic heterocycles. The molecule has 1 N–H and O–H groups in total. The first-order valence-electron chi connectivity index (χ1n) is 12.5. The number of aromatic nitrogens is 1. The minimum atomic E-state index is -1.84. The Balaban J connectivity index is 1.67. The third-order valence-corrected chi connectivity index (χ3v) is 5.96. The number of carbonyl (C=O) groups excluding carboxylic acids is 4. The number of rotatable bonds is 9.